The standard InChI is InChI=1S/C11H25N3/c1-5-6-14-8-10(2)13(4)11(9-14)7-12-3/h10-12H,5-9H2,1-4H3. The summed E-state index contributed by atoms with van der Waals surface area (Å²) in [6.07, 6.45) is 1.27. The summed E-state index contributed by atoms with van der Waals surface area (Å²) in [5, 5.41) is 3.28. The third-order valence-corrected chi connectivity index (χ3v) is 3.24. The van der Waals surface area contributed by atoms with Crippen LogP contribution in [-0.2, 0) is 0 Å². The molecule has 1 aliphatic rings. The van der Waals surface area contributed by atoms with E-state index in [0.29, 0.717) is 12.1 Å². The van der Waals surface area contributed by atoms with Crippen molar-refractivity contribution in [1.29, 1.82) is 0 Å². The van der Waals surface area contributed by atoms with Crippen molar-refractivity contribution in [2.45, 2.75) is 32.4 Å². The number of rotatable bonds is 4. The molecule has 3 nitrogen and oxygen atoms in total. The topological polar surface area (TPSA) is 18.5 Å². The molecule has 0 radical (unpaired) electrons. The average molecular weight is 199 g/mol. The molecule has 0 aromatic carbocycles. The highest BCUT2D eigenvalue weighted by Gasteiger charge is 2.27. The van der Waals surface area contributed by atoms with Crippen LogP contribution in [0.1, 0.15) is 20.3 Å². The van der Waals surface area contributed by atoms with Crippen LogP contribution in [0.25, 0.3) is 0 Å². The van der Waals surface area contributed by atoms with Crippen LogP contribution < -0.4 is 5.32 Å². The normalized spacial score (nSPS) is 30.9. The number of nitrogens with zero attached hydrogens (tertiary/aromatic N) is 2. The van der Waals surface area contributed by atoms with Crippen LogP contribution in [0.15, 0.2) is 0 Å². The van der Waals surface area contributed by atoms with E-state index in [9.17, 15) is 0 Å². The predicted octanol–water partition coefficient (Wildman–Crippen LogP) is 0.620. The van der Waals surface area contributed by atoms with Crippen LogP contribution in [0.2, 0.25) is 0 Å². The summed E-state index contributed by atoms with van der Waals surface area (Å²) in [6, 6.07) is 1.36. The van der Waals surface area contributed by atoms with Gasteiger partial charge in [0.1, 0.15) is 0 Å². The molecule has 0 aliphatic carbocycles. The molecule has 3 heteroatoms. The first-order valence-corrected chi connectivity index (χ1v) is 5.78. The molecule has 1 saturated heterocycles. The van der Waals surface area contributed by atoms with Crippen LogP contribution in [-0.4, -0.2) is 62.2 Å². The van der Waals surface area contributed by atoms with Gasteiger partial charge in [0.05, 0.1) is 0 Å². The van der Waals surface area contributed by atoms with Crippen LogP contribution in [0.4, 0.5) is 0 Å². The molecule has 1 heterocycles. The Kier molecular flexibility index (Phi) is 4.85. The molecule has 0 spiro atoms. The smallest absolute Gasteiger partial charge is 0.0348 e. The monoisotopic (exact) mass is 199 g/mol. The fourth-order valence-electron chi connectivity index (χ4n) is 2.31. The Balaban J connectivity index is 2.47. The zero-order valence-corrected chi connectivity index (χ0v) is 10.1. The molecule has 14 heavy (non-hydrogen) atoms. The Bertz CT molecular complexity index is 161. The first-order valence-electron chi connectivity index (χ1n) is 5.78. The van der Waals surface area contributed by atoms with Crippen molar-refractivity contribution in [1.82, 2.24) is 15.1 Å². The van der Waals surface area contributed by atoms with Crippen molar-refractivity contribution in [3.8, 4) is 0 Å². The lowest BCUT2D eigenvalue weighted by molar-refractivity contribution is 0.0525. The quantitative estimate of drug-likeness (QED) is 0.716. The van der Waals surface area contributed by atoms with E-state index in [1.807, 2.05) is 7.05 Å². The maximum atomic E-state index is 3.28. The van der Waals surface area contributed by atoms with E-state index in [1.54, 1.807) is 0 Å². The second-order valence-corrected chi connectivity index (χ2v) is 4.49. The second-order valence-electron chi connectivity index (χ2n) is 4.49. The van der Waals surface area contributed by atoms with Gasteiger partial charge >= 0.3 is 0 Å². The average Bonchev–Trinajstić information content (AvgIpc) is 2.14. The molecule has 1 N–H and O–H groups in total. The Morgan fingerprint density at radius 3 is 2.64 bits per heavy atom. The van der Waals surface area contributed by atoms with Crippen molar-refractivity contribution in [3.63, 3.8) is 0 Å². The minimum Gasteiger partial charge on any atom is -0.318 e. The minimum absolute atomic E-state index is 0.676. The largest absolute Gasteiger partial charge is 0.318 e. The highest BCUT2D eigenvalue weighted by atomic mass is 15.3. The highest BCUT2D eigenvalue weighted by molar-refractivity contribution is 4.85. The van der Waals surface area contributed by atoms with Crippen LogP contribution in [0.5, 0.6) is 0 Å². The van der Waals surface area contributed by atoms with Crippen molar-refractivity contribution in [2.24, 2.45) is 0 Å². The lowest BCUT2D eigenvalue weighted by atomic mass is 10.1. The Labute approximate surface area is 88.5 Å². The number of hydrogen-bond donors (Lipinski definition) is 1. The Hall–Kier alpha value is -0.120. The molecule has 2 atom stereocenters. The maximum absolute atomic E-state index is 3.28. The summed E-state index contributed by atoms with van der Waals surface area (Å²) in [7, 11) is 4.28. The van der Waals surface area contributed by atoms with Crippen molar-refractivity contribution in [2.75, 3.05) is 40.3 Å². The van der Waals surface area contributed by atoms with Gasteiger partial charge in [-0.2, -0.15) is 0 Å². The second kappa shape index (κ2) is 5.69. The minimum atomic E-state index is 0.676. The van der Waals surface area contributed by atoms with E-state index < -0.39 is 0 Å². The first kappa shape index (κ1) is 12.0. The van der Waals surface area contributed by atoms with Gasteiger partial charge in [0.25, 0.3) is 0 Å². The van der Waals surface area contributed by atoms with Crippen molar-refractivity contribution in [3.05, 3.63) is 0 Å². The van der Waals surface area contributed by atoms with Gasteiger partial charge in [-0.15, -0.1) is 0 Å². The molecule has 0 saturated carbocycles. The van der Waals surface area contributed by atoms with Crippen molar-refractivity contribution < 1.29 is 0 Å². The van der Waals surface area contributed by atoms with Crippen LogP contribution in [0, 0.1) is 0 Å². The summed E-state index contributed by atoms with van der Waals surface area (Å²) in [4.78, 5) is 5.09. The Morgan fingerprint density at radius 1 is 1.36 bits per heavy atom. The molecule has 0 amide bonds. The molecule has 2 unspecified atom stereocenters. The molecule has 0 aromatic rings. The van der Waals surface area contributed by atoms with E-state index in [0.717, 1.165) is 6.54 Å². The third-order valence-electron chi connectivity index (χ3n) is 3.24. The number of likely N-dealkylation sites (N-methyl/N-ethyl adjacent to an activating group) is 2. The molecular weight excluding hydrogens is 174 g/mol. The highest BCUT2D eigenvalue weighted by Crippen LogP contribution is 2.13. The Morgan fingerprint density at radius 2 is 2.07 bits per heavy atom. The van der Waals surface area contributed by atoms with Crippen molar-refractivity contribution >= 4 is 0 Å². The van der Waals surface area contributed by atoms with Crippen LogP contribution in [0.3, 0.4) is 0 Å². The zero-order valence-electron chi connectivity index (χ0n) is 10.1. The van der Waals surface area contributed by atoms with Crippen LogP contribution >= 0.6 is 0 Å². The summed E-state index contributed by atoms with van der Waals surface area (Å²) < 4.78 is 0. The molecule has 1 aliphatic heterocycles. The van der Waals surface area contributed by atoms with Gasteiger partial charge in [-0.3, -0.25) is 4.90 Å². The van der Waals surface area contributed by atoms with E-state index in [4.69, 9.17) is 0 Å². The van der Waals surface area contributed by atoms with Gasteiger partial charge in [-0.1, -0.05) is 6.92 Å². The molecule has 1 rings (SSSR count). The van der Waals surface area contributed by atoms with Gasteiger partial charge in [0.2, 0.25) is 0 Å². The van der Waals surface area contributed by atoms with Gasteiger partial charge in [-0.05, 0) is 34.0 Å². The molecule has 1 fully saturated rings. The van der Waals surface area contributed by atoms with E-state index >= 15 is 0 Å². The lowest BCUT2D eigenvalue weighted by Crippen LogP contribution is -2.58. The summed E-state index contributed by atoms with van der Waals surface area (Å²) in [5.74, 6) is 0. The summed E-state index contributed by atoms with van der Waals surface area (Å²) in [5.41, 5.74) is 0. The van der Waals surface area contributed by atoms with Gasteiger partial charge in [0.15, 0.2) is 0 Å². The van der Waals surface area contributed by atoms with Gasteiger partial charge in [0, 0.05) is 31.7 Å². The maximum Gasteiger partial charge on any atom is 0.0348 e. The first-order chi connectivity index (χ1) is 6.69. The lowest BCUT2D eigenvalue weighted by Gasteiger charge is -2.43. The third kappa shape index (κ3) is 2.94. The fourth-order valence-corrected chi connectivity index (χ4v) is 2.31. The van der Waals surface area contributed by atoms with E-state index in [2.05, 4.69) is 36.0 Å². The summed E-state index contributed by atoms with van der Waals surface area (Å²) in [6.45, 7) is 9.38. The number of nitrogens with one attached hydrogen (secondary N) is 1. The fraction of sp³-hybridized carbons (Fsp3) is 1.00. The van der Waals surface area contributed by atoms with E-state index in [-0.39, 0.29) is 0 Å². The molecule has 0 aromatic heterocycles. The zero-order chi connectivity index (χ0) is 10.6. The SMILES string of the molecule is CCCN1CC(C)N(C)C(CNC)C1. The van der Waals surface area contributed by atoms with E-state index in [1.165, 1.54) is 26.1 Å². The van der Waals surface area contributed by atoms with Gasteiger partial charge < -0.3 is 10.2 Å². The summed E-state index contributed by atoms with van der Waals surface area (Å²) >= 11 is 0. The van der Waals surface area contributed by atoms with Gasteiger partial charge in [-0.25, -0.2) is 0 Å². The molecular formula is C11H25N3. The molecule has 0 bridgehead atoms. The predicted molar refractivity (Wildman–Crippen MR) is 61.7 cm³/mol. The number of hydrogen-bond acceptors (Lipinski definition) is 3. The molecule has 84 valence electrons. The number of piperazine rings is 1.